The molecule has 0 radical (unpaired) electrons. The molecule has 0 amide bonds. The fourth-order valence-electron chi connectivity index (χ4n) is 3.41. The second kappa shape index (κ2) is 7.34. The minimum absolute atomic E-state index is 0.0660. The number of benzene rings is 2. The lowest BCUT2D eigenvalue weighted by atomic mass is 10.1. The Hall–Kier alpha value is -3.35. The van der Waals surface area contributed by atoms with Crippen molar-refractivity contribution in [2.75, 3.05) is 20.8 Å². The number of ketones is 1. The quantitative estimate of drug-likeness (QED) is 0.612. The molecule has 3 aromatic rings. The highest BCUT2D eigenvalue weighted by Gasteiger charge is 2.17. The van der Waals surface area contributed by atoms with Gasteiger partial charge in [-0.3, -0.25) is 14.2 Å². The lowest BCUT2D eigenvalue weighted by Gasteiger charge is -2.11. The summed E-state index contributed by atoms with van der Waals surface area (Å²) in [5, 5.41) is 0.495. The van der Waals surface area contributed by atoms with Crippen molar-refractivity contribution in [3.05, 3.63) is 58.1 Å². The largest absolute Gasteiger partial charge is 0.497 e. The normalized spacial score (nSPS) is 12.6. The monoisotopic (exact) mass is 380 g/mol. The molecule has 1 aromatic heterocycles. The molecule has 0 saturated heterocycles. The Morgan fingerprint density at radius 3 is 2.71 bits per heavy atom. The molecule has 7 nitrogen and oxygen atoms in total. The summed E-state index contributed by atoms with van der Waals surface area (Å²) in [5.41, 5.74) is 0.956. The Morgan fingerprint density at radius 2 is 1.93 bits per heavy atom. The predicted octanol–water partition coefficient (Wildman–Crippen LogP) is 2.62. The smallest absolute Gasteiger partial charge is 0.261 e. The second-order valence-corrected chi connectivity index (χ2v) is 6.55. The standard InChI is InChI=1S/C21H20N2O5/c1-26-13-6-8-19(27-2)16(10-13)18(24)12-28-14-5-7-17-15(11-14)21(25)23-9-3-4-20(23)22-17/h5-8,10-11H,3-4,9,12H2,1-2H3. The third-order valence-electron chi connectivity index (χ3n) is 4.86. The van der Waals surface area contributed by atoms with Crippen molar-refractivity contribution in [1.29, 1.82) is 0 Å². The minimum Gasteiger partial charge on any atom is -0.497 e. The van der Waals surface area contributed by atoms with Gasteiger partial charge >= 0.3 is 0 Å². The van der Waals surface area contributed by atoms with E-state index in [4.69, 9.17) is 14.2 Å². The van der Waals surface area contributed by atoms with E-state index in [-0.39, 0.29) is 17.9 Å². The molecule has 0 atom stereocenters. The van der Waals surface area contributed by atoms with Crippen LogP contribution < -0.4 is 19.8 Å². The third-order valence-corrected chi connectivity index (χ3v) is 4.86. The summed E-state index contributed by atoms with van der Waals surface area (Å²) in [7, 11) is 3.03. The van der Waals surface area contributed by atoms with Crippen LogP contribution in [0.15, 0.2) is 41.2 Å². The molecule has 1 aliphatic heterocycles. The molecule has 0 bridgehead atoms. The molecule has 28 heavy (non-hydrogen) atoms. The van der Waals surface area contributed by atoms with E-state index in [1.165, 1.54) is 14.2 Å². The molecule has 0 N–H and O–H groups in total. The fraction of sp³-hybridized carbons (Fsp3) is 0.286. The van der Waals surface area contributed by atoms with Crippen molar-refractivity contribution in [3.63, 3.8) is 0 Å². The summed E-state index contributed by atoms with van der Waals surface area (Å²) in [6, 6.07) is 10.1. The second-order valence-electron chi connectivity index (χ2n) is 6.55. The molecule has 7 heteroatoms. The van der Waals surface area contributed by atoms with Gasteiger partial charge in [0.25, 0.3) is 5.56 Å². The number of aromatic nitrogens is 2. The van der Waals surface area contributed by atoms with Crippen LogP contribution in [0.5, 0.6) is 17.2 Å². The first-order chi connectivity index (χ1) is 13.6. The number of Topliss-reactive ketones (excluding diaryl/α,β-unsaturated/α-hetero) is 1. The molecule has 0 aliphatic carbocycles. The van der Waals surface area contributed by atoms with E-state index in [2.05, 4.69) is 4.98 Å². The van der Waals surface area contributed by atoms with E-state index < -0.39 is 0 Å². The van der Waals surface area contributed by atoms with Crippen LogP contribution in [0.3, 0.4) is 0 Å². The maximum Gasteiger partial charge on any atom is 0.261 e. The van der Waals surface area contributed by atoms with Crippen molar-refractivity contribution >= 4 is 16.7 Å². The minimum atomic E-state index is -0.250. The van der Waals surface area contributed by atoms with Gasteiger partial charge in [-0.05, 0) is 42.8 Å². The molecule has 0 unspecified atom stereocenters. The van der Waals surface area contributed by atoms with Gasteiger partial charge in [-0.1, -0.05) is 0 Å². The molecule has 4 rings (SSSR count). The van der Waals surface area contributed by atoms with Crippen LogP contribution in [0.2, 0.25) is 0 Å². The van der Waals surface area contributed by atoms with E-state index >= 15 is 0 Å². The van der Waals surface area contributed by atoms with E-state index in [0.29, 0.717) is 40.3 Å². The number of carbonyl (C=O) groups excluding carboxylic acids is 1. The average molecular weight is 380 g/mol. The van der Waals surface area contributed by atoms with Crippen molar-refractivity contribution in [1.82, 2.24) is 9.55 Å². The van der Waals surface area contributed by atoms with E-state index in [0.717, 1.165) is 18.7 Å². The number of rotatable bonds is 6. The number of aryl methyl sites for hydroxylation is 1. The highest BCUT2D eigenvalue weighted by molar-refractivity contribution is 6.00. The molecule has 0 spiro atoms. The number of carbonyl (C=O) groups is 1. The highest BCUT2D eigenvalue weighted by atomic mass is 16.5. The Morgan fingerprint density at radius 1 is 1.11 bits per heavy atom. The highest BCUT2D eigenvalue weighted by Crippen LogP contribution is 2.25. The van der Waals surface area contributed by atoms with Crippen LogP contribution in [0.4, 0.5) is 0 Å². The summed E-state index contributed by atoms with van der Waals surface area (Å²) in [5.74, 6) is 2.03. The maximum atomic E-state index is 12.7. The molecule has 0 saturated carbocycles. The summed E-state index contributed by atoms with van der Waals surface area (Å²) in [6.07, 6.45) is 1.75. The van der Waals surface area contributed by atoms with Gasteiger partial charge in [-0.2, -0.15) is 0 Å². The zero-order valence-corrected chi connectivity index (χ0v) is 15.7. The Bertz CT molecular complexity index is 1120. The summed E-state index contributed by atoms with van der Waals surface area (Å²) >= 11 is 0. The lowest BCUT2D eigenvalue weighted by molar-refractivity contribution is 0.0918. The summed E-state index contributed by atoms with van der Waals surface area (Å²) < 4.78 is 17.8. The Balaban J connectivity index is 1.58. The van der Waals surface area contributed by atoms with Gasteiger partial charge in [0.15, 0.2) is 6.61 Å². The maximum absolute atomic E-state index is 12.7. The van der Waals surface area contributed by atoms with Gasteiger partial charge in [-0.15, -0.1) is 0 Å². The number of hydrogen-bond acceptors (Lipinski definition) is 6. The molecular formula is C21H20N2O5. The first-order valence-electron chi connectivity index (χ1n) is 9.02. The van der Waals surface area contributed by atoms with Gasteiger partial charge in [0, 0.05) is 13.0 Å². The third kappa shape index (κ3) is 3.19. The van der Waals surface area contributed by atoms with Gasteiger partial charge in [0.05, 0.1) is 30.7 Å². The number of nitrogens with zero attached hydrogens (tertiary/aromatic N) is 2. The van der Waals surface area contributed by atoms with E-state index in [1.54, 1.807) is 41.0 Å². The molecule has 1 aliphatic rings. The molecular weight excluding hydrogens is 360 g/mol. The van der Waals surface area contributed by atoms with E-state index in [1.807, 2.05) is 0 Å². The van der Waals surface area contributed by atoms with Gasteiger partial charge in [-0.25, -0.2) is 4.98 Å². The molecule has 144 valence electrons. The van der Waals surface area contributed by atoms with Crippen LogP contribution in [-0.2, 0) is 13.0 Å². The fourth-order valence-corrected chi connectivity index (χ4v) is 3.41. The van der Waals surface area contributed by atoms with Crippen LogP contribution >= 0.6 is 0 Å². The average Bonchev–Trinajstić information content (AvgIpc) is 3.20. The van der Waals surface area contributed by atoms with Crippen molar-refractivity contribution in [3.8, 4) is 17.2 Å². The topological polar surface area (TPSA) is 79.7 Å². The van der Waals surface area contributed by atoms with Crippen molar-refractivity contribution in [2.45, 2.75) is 19.4 Å². The zero-order valence-electron chi connectivity index (χ0n) is 15.7. The Kier molecular flexibility index (Phi) is 4.73. The number of fused-ring (bicyclic) bond motifs is 2. The van der Waals surface area contributed by atoms with Gasteiger partial charge in [0.2, 0.25) is 5.78 Å². The number of hydrogen-bond donors (Lipinski definition) is 0. The van der Waals surface area contributed by atoms with Crippen molar-refractivity contribution < 1.29 is 19.0 Å². The molecule has 2 heterocycles. The van der Waals surface area contributed by atoms with Crippen molar-refractivity contribution in [2.24, 2.45) is 0 Å². The molecule has 2 aromatic carbocycles. The Labute approximate surface area is 161 Å². The number of ether oxygens (including phenoxy) is 3. The first-order valence-corrected chi connectivity index (χ1v) is 9.02. The first kappa shape index (κ1) is 18.0. The lowest BCUT2D eigenvalue weighted by Crippen LogP contribution is -2.21. The van der Waals surface area contributed by atoms with Crippen LogP contribution in [0.25, 0.3) is 10.9 Å². The van der Waals surface area contributed by atoms with Crippen LogP contribution in [0, 0.1) is 0 Å². The van der Waals surface area contributed by atoms with Gasteiger partial charge < -0.3 is 14.2 Å². The van der Waals surface area contributed by atoms with E-state index in [9.17, 15) is 9.59 Å². The van der Waals surface area contributed by atoms with Gasteiger partial charge in [0.1, 0.15) is 23.1 Å². The number of methoxy groups -OCH3 is 2. The van der Waals surface area contributed by atoms with Crippen LogP contribution in [-0.4, -0.2) is 36.2 Å². The summed E-state index contributed by atoms with van der Waals surface area (Å²) in [6.45, 7) is 0.505. The SMILES string of the molecule is COc1ccc(OC)c(C(=O)COc2ccc3nc4n(c(=O)c3c2)CCC4)c1. The zero-order chi connectivity index (χ0) is 19.7. The summed E-state index contributed by atoms with van der Waals surface area (Å²) in [4.78, 5) is 29.8. The predicted molar refractivity (Wildman–Crippen MR) is 104 cm³/mol. The van der Waals surface area contributed by atoms with Crippen LogP contribution in [0.1, 0.15) is 22.6 Å². The molecule has 0 fully saturated rings.